The number of rotatable bonds is 5. The van der Waals surface area contributed by atoms with Gasteiger partial charge in [-0.1, -0.05) is 12.1 Å². The summed E-state index contributed by atoms with van der Waals surface area (Å²) in [4.78, 5) is 23.0. The van der Waals surface area contributed by atoms with Crippen molar-refractivity contribution in [1.29, 1.82) is 0 Å². The number of benzene rings is 1. The number of nitrogens with zero attached hydrogens (tertiary/aromatic N) is 1. The Labute approximate surface area is 168 Å². The lowest BCUT2D eigenvalue weighted by Crippen LogP contribution is -2.31. The Morgan fingerprint density at radius 3 is 2.38 bits per heavy atom. The highest BCUT2D eigenvalue weighted by atomic mass is 16.6. The van der Waals surface area contributed by atoms with Gasteiger partial charge < -0.3 is 13.9 Å². The molecule has 0 fully saturated rings. The van der Waals surface area contributed by atoms with Gasteiger partial charge in [0.05, 0.1) is 17.6 Å². The Hall–Kier alpha value is -3.35. The first-order valence-corrected chi connectivity index (χ1v) is 9.15. The van der Waals surface area contributed by atoms with E-state index in [1.54, 1.807) is 26.0 Å². The van der Waals surface area contributed by atoms with E-state index in [0.29, 0.717) is 29.1 Å². The molecule has 7 heteroatoms. The van der Waals surface area contributed by atoms with Crippen molar-refractivity contribution in [3.05, 3.63) is 84.8 Å². The third-order valence-corrected chi connectivity index (χ3v) is 4.87. The van der Waals surface area contributed by atoms with Crippen LogP contribution in [0.1, 0.15) is 36.3 Å². The van der Waals surface area contributed by atoms with Gasteiger partial charge in [-0.05, 0) is 51.0 Å². The zero-order valence-electron chi connectivity index (χ0n) is 17.1. The average Bonchev–Trinajstić information content (AvgIpc) is 2.65. The van der Waals surface area contributed by atoms with Crippen LogP contribution in [0.25, 0.3) is 5.76 Å². The Morgan fingerprint density at radius 1 is 1.14 bits per heavy atom. The molecule has 2 heterocycles. The van der Waals surface area contributed by atoms with Gasteiger partial charge in [-0.2, -0.15) is 0 Å². The fourth-order valence-corrected chi connectivity index (χ4v) is 3.53. The monoisotopic (exact) mass is 397 g/mol. The van der Waals surface area contributed by atoms with E-state index in [9.17, 15) is 14.9 Å². The molecule has 0 saturated heterocycles. The van der Waals surface area contributed by atoms with Crippen LogP contribution in [-0.2, 0) is 11.2 Å². The van der Waals surface area contributed by atoms with Gasteiger partial charge in [-0.15, -0.1) is 0 Å². The van der Waals surface area contributed by atoms with Crippen LogP contribution in [0.3, 0.4) is 0 Å². The van der Waals surface area contributed by atoms with E-state index in [0.717, 1.165) is 11.1 Å². The molecule has 0 bridgehead atoms. The molecule has 0 amide bonds. The highest BCUT2D eigenvalue weighted by Gasteiger charge is 2.31. The second-order valence-electron chi connectivity index (χ2n) is 7.41. The predicted molar refractivity (Wildman–Crippen MR) is 109 cm³/mol. The Bertz CT molecular complexity index is 1080. The third-order valence-electron chi connectivity index (χ3n) is 4.87. The molecule has 0 aliphatic carbocycles. The van der Waals surface area contributed by atoms with Gasteiger partial charge in [0.15, 0.2) is 16.9 Å². The average molecular weight is 397 g/mol. The molecular formula is C22H23NO6. The van der Waals surface area contributed by atoms with E-state index < -0.39 is 10.5 Å². The van der Waals surface area contributed by atoms with Crippen molar-refractivity contribution >= 4 is 11.4 Å². The molecular weight excluding hydrogens is 374 g/mol. The first-order valence-electron chi connectivity index (χ1n) is 9.15. The summed E-state index contributed by atoms with van der Waals surface area (Å²) in [5.41, 5.74) is 1.87. The van der Waals surface area contributed by atoms with Crippen molar-refractivity contribution in [2.45, 2.75) is 39.7 Å². The van der Waals surface area contributed by atoms with E-state index in [4.69, 9.17) is 13.9 Å². The number of non-ortho nitro benzene ring substituents is 1. The summed E-state index contributed by atoms with van der Waals surface area (Å²) >= 11 is 0. The molecule has 0 saturated carbocycles. The number of methoxy groups -OCH3 is 1. The zero-order valence-corrected chi connectivity index (χ0v) is 17.1. The van der Waals surface area contributed by atoms with Gasteiger partial charge in [-0.3, -0.25) is 14.9 Å². The van der Waals surface area contributed by atoms with Gasteiger partial charge in [0.25, 0.3) is 11.6 Å². The van der Waals surface area contributed by atoms with Gasteiger partial charge in [0.2, 0.25) is 0 Å². The highest BCUT2D eigenvalue weighted by Crippen LogP contribution is 2.35. The minimum absolute atomic E-state index is 0.0416. The minimum atomic E-state index is -0.715. The van der Waals surface area contributed by atoms with E-state index in [1.165, 1.54) is 19.2 Å². The fraction of sp³-hybridized carbons (Fsp3) is 0.318. The minimum Gasteiger partial charge on any atom is -0.479 e. The van der Waals surface area contributed by atoms with E-state index in [2.05, 4.69) is 0 Å². The van der Waals surface area contributed by atoms with E-state index >= 15 is 0 Å². The Kier molecular flexibility index (Phi) is 5.33. The molecule has 1 unspecified atom stereocenters. The van der Waals surface area contributed by atoms with Crippen LogP contribution in [0.2, 0.25) is 0 Å². The molecule has 2 aromatic rings. The number of hydrogen-bond donors (Lipinski definition) is 0. The smallest absolute Gasteiger partial charge is 0.291 e. The number of nitro groups is 1. The lowest BCUT2D eigenvalue weighted by molar-refractivity contribution is -0.384. The Balaban J connectivity index is 1.95. The second kappa shape index (κ2) is 7.58. The summed E-state index contributed by atoms with van der Waals surface area (Å²) < 4.78 is 17.3. The number of allylic oxidation sites excluding steroid dienone is 2. The van der Waals surface area contributed by atoms with Crippen LogP contribution in [0.15, 0.2) is 51.2 Å². The van der Waals surface area contributed by atoms with Crippen LogP contribution in [0.4, 0.5) is 5.69 Å². The summed E-state index contributed by atoms with van der Waals surface area (Å²) in [5.74, 6) is 0.937. The largest absolute Gasteiger partial charge is 0.479 e. The summed E-state index contributed by atoms with van der Waals surface area (Å²) in [6, 6.07) is 6.38. The first kappa shape index (κ1) is 20.4. The fourth-order valence-electron chi connectivity index (χ4n) is 3.53. The molecule has 1 atom stereocenters. The van der Waals surface area contributed by atoms with E-state index in [-0.39, 0.29) is 17.1 Å². The van der Waals surface area contributed by atoms with Crippen LogP contribution >= 0.6 is 0 Å². The first-order chi connectivity index (χ1) is 13.6. The SMILES string of the molecule is COc1oc(C2=CC(C)=CC(C)(Cc3ccc([N+](=O)[O-])cc3)O2)c(C)c(=O)c1C. The van der Waals surface area contributed by atoms with Crippen LogP contribution < -0.4 is 10.2 Å². The van der Waals surface area contributed by atoms with Crippen molar-refractivity contribution < 1.29 is 18.8 Å². The number of nitro benzene ring substituents is 1. The molecule has 7 nitrogen and oxygen atoms in total. The highest BCUT2D eigenvalue weighted by molar-refractivity contribution is 5.64. The van der Waals surface area contributed by atoms with Crippen molar-refractivity contribution in [3.63, 3.8) is 0 Å². The normalized spacial score (nSPS) is 18.5. The Morgan fingerprint density at radius 2 is 1.79 bits per heavy atom. The molecule has 0 radical (unpaired) electrons. The van der Waals surface area contributed by atoms with E-state index in [1.807, 2.05) is 26.0 Å². The second-order valence-corrected chi connectivity index (χ2v) is 7.41. The summed E-state index contributed by atoms with van der Waals surface area (Å²) in [6.45, 7) is 7.21. The quantitative estimate of drug-likeness (QED) is 0.545. The molecule has 0 spiro atoms. The molecule has 1 aliphatic rings. The summed E-state index contributed by atoms with van der Waals surface area (Å²) in [6.07, 6.45) is 4.29. The maximum Gasteiger partial charge on any atom is 0.291 e. The standard InChI is InChI=1S/C22H23NO6/c1-13-10-18(20-14(2)19(24)15(3)21(27-5)28-20)29-22(4,11-13)12-16-6-8-17(9-7-16)23(25)26/h6-11H,12H2,1-5H3. The molecule has 0 N–H and O–H groups in total. The molecule has 3 rings (SSSR count). The van der Waals surface area contributed by atoms with Crippen molar-refractivity contribution in [2.24, 2.45) is 0 Å². The summed E-state index contributed by atoms with van der Waals surface area (Å²) in [5, 5.41) is 10.9. The number of ether oxygens (including phenoxy) is 2. The third kappa shape index (κ3) is 4.08. The lowest BCUT2D eigenvalue weighted by Gasteiger charge is -2.32. The van der Waals surface area contributed by atoms with Gasteiger partial charge in [0.1, 0.15) is 5.60 Å². The molecule has 1 aromatic carbocycles. The van der Waals surface area contributed by atoms with Gasteiger partial charge in [-0.25, -0.2) is 0 Å². The predicted octanol–water partition coefficient (Wildman–Crippen LogP) is 4.49. The summed E-state index contributed by atoms with van der Waals surface area (Å²) in [7, 11) is 1.45. The maximum atomic E-state index is 12.5. The van der Waals surface area contributed by atoms with Crippen molar-refractivity contribution in [1.82, 2.24) is 0 Å². The number of hydrogen-bond acceptors (Lipinski definition) is 6. The van der Waals surface area contributed by atoms with Crippen LogP contribution in [0, 0.1) is 24.0 Å². The maximum absolute atomic E-state index is 12.5. The van der Waals surface area contributed by atoms with Crippen molar-refractivity contribution in [2.75, 3.05) is 7.11 Å². The van der Waals surface area contributed by atoms with Crippen LogP contribution in [-0.4, -0.2) is 17.6 Å². The van der Waals surface area contributed by atoms with Crippen molar-refractivity contribution in [3.8, 4) is 5.95 Å². The molecule has 152 valence electrons. The lowest BCUT2D eigenvalue weighted by atomic mass is 9.91. The van der Waals surface area contributed by atoms with Crippen LogP contribution in [0.5, 0.6) is 5.95 Å². The molecule has 1 aromatic heterocycles. The van der Waals surface area contributed by atoms with Gasteiger partial charge in [0, 0.05) is 24.1 Å². The molecule has 1 aliphatic heterocycles. The topological polar surface area (TPSA) is 91.8 Å². The molecule has 29 heavy (non-hydrogen) atoms. The van der Waals surface area contributed by atoms with Gasteiger partial charge >= 0.3 is 0 Å². The zero-order chi connectivity index (χ0) is 21.3.